The normalized spacial score (nSPS) is 11.8. The molecule has 162 valence electrons. The minimum absolute atomic E-state index is 0.916. The zero-order chi connectivity index (χ0) is 22.8. The van der Waals surface area contributed by atoms with Crippen molar-refractivity contribution in [1.29, 1.82) is 0 Å². The van der Waals surface area contributed by atoms with Crippen molar-refractivity contribution in [3.8, 4) is 16.9 Å². The highest BCUT2D eigenvalue weighted by Crippen LogP contribution is 2.35. The first-order valence-electron chi connectivity index (χ1n) is 11.6. The van der Waals surface area contributed by atoms with Crippen LogP contribution in [0, 0.1) is 6.92 Å². The first kappa shape index (κ1) is 19.1. The number of furan rings is 1. The highest BCUT2D eigenvalue weighted by molar-refractivity contribution is 6.09. The van der Waals surface area contributed by atoms with E-state index in [0.29, 0.717) is 0 Å². The summed E-state index contributed by atoms with van der Waals surface area (Å²) in [7, 11) is 2.11. The van der Waals surface area contributed by atoms with Gasteiger partial charge >= 0.3 is 0 Å². The molecule has 0 aliphatic heterocycles. The molecule has 0 aliphatic rings. The van der Waals surface area contributed by atoms with Crippen LogP contribution in [0.2, 0.25) is 0 Å². The summed E-state index contributed by atoms with van der Waals surface area (Å²) >= 11 is 0. The Kier molecular flexibility index (Phi) is 3.97. The van der Waals surface area contributed by atoms with Gasteiger partial charge in [0.15, 0.2) is 6.20 Å². The third kappa shape index (κ3) is 2.67. The number of nitrogens with zero attached hydrogens (tertiary/aromatic N) is 2. The molecule has 3 nitrogen and oxygen atoms in total. The highest BCUT2D eigenvalue weighted by Gasteiger charge is 2.19. The van der Waals surface area contributed by atoms with Crippen LogP contribution in [0.25, 0.3) is 60.5 Å². The van der Waals surface area contributed by atoms with Gasteiger partial charge in [0, 0.05) is 27.9 Å². The quantitative estimate of drug-likeness (QED) is 0.256. The number of fused-ring (bicyclic) bond motifs is 5. The molecule has 7 aromatic rings. The lowest BCUT2D eigenvalue weighted by molar-refractivity contribution is -0.659. The minimum atomic E-state index is 0.916. The molecule has 0 radical (unpaired) electrons. The van der Waals surface area contributed by atoms with Crippen LogP contribution in [0.3, 0.4) is 0 Å². The van der Waals surface area contributed by atoms with Gasteiger partial charge in [0.2, 0.25) is 5.69 Å². The summed E-state index contributed by atoms with van der Waals surface area (Å²) in [5.74, 6) is 0. The lowest BCUT2D eigenvalue weighted by atomic mass is 9.98. The predicted octanol–water partition coefficient (Wildman–Crippen LogP) is 7.48. The summed E-state index contributed by atoms with van der Waals surface area (Å²) in [6.07, 6.45) is 3.91. The van der Waals surface area contributed by atoms with Crippen LogP contribution in [-0.4, -0.2) is 4.57 Å². The minimum Gasteiger partial charge on any atom is -0.464 e. The summed E-state index contributed by atoms with van der Waals surface area (Å²) in [5, 5.41) is 6.13. The maximum absolute atomic E-state index is 5.72. The van der Waals surface area contributed by atoms with Gasteiger partial charge in [0.05, 0.1) is 28.2 Å². The van der Waals surface area contributed by atoms with Crippen LogP contribution in [0.15, 0.2) is 108 Å². The fourth-order valence-electron chi connectivity index (χ4n) is 5.41. The smallest absolute Gasteiger partial charge is 0.220 e. The summed E-state index contributed by atoms with van der Waals surface area (Å²) in [6.45, 7) is 2.17. The van der Waals surface area contributed by atoms with Crippen LogP contribution < -0.4 is 4.57 Å². The largest absolute Gasteiger partial charge is 0.464 e. The van der Waals surface area contributed by atoms with E-state index < -0.39 is 0 Å². The molecule has 0 saturated carbocycles. The molecule has 3 aromatic heterocycles. The van der Waals surface area contributed by atoms with Gasteiger partial charge in [-0.3, -0.25) is 0 Å². The lowest BCUT2D eigenvalue weighted by Gasteiger charge is -2.11. The summed E-state index contributed by atoms with van der Waals surface area (Å²) < 4.78 is 10.3. The van der Waals surface area contributed by atoms with Gasteiger partial charge in [-0.1, -0.05) is 36.4 Å². The van der Waals surface area contributed by atoms with Crippen molar-refractivity contribution in [3.63, 3.8) is 0 Å². The van der Waals surface area contributed by atoms with E-state index in [0.717, 1.165) is 11.0 Å². The molecular formula is C31H23N2O+. The Morgan fingerprint density at radius 2 is 1.44 bits per heavy atom. The van der Waals surface area contributed by atoms with E-state index >= 15 is 0 Å². The number of hydrogen-bond acceptors (Lipinski definition) is 1. The SMILES string of the molecule is Cc1cc2ccoc2cc1-c1c2ccc(-n3c4ccccc4c4ccccc43)cc2cc[n+]1C. The molecule has 0 atom stereocenters. The van der Waals surface area contributed by atoms with Crippen molar-refractivity contribution < 1.29 is 8.98 Å². The van der Waals surface area contributed by atoms with Crippen molar-refractivity contribution in [2.24, 2.45) is 7.05 Å². The van der Waals surface area contributed by atoms with Crippen molar-refractivity contribution >= 4 is 43.5 Å². The van der Waals surface area contributed by atoms with Gasteiger partial charge in [0.25, 0.3) is 0 Å². The number of aryl methyl sites for hydroxylation is 2. The zero-order valence-corrected chi connectivity index (χ0v) is 19.1. The average molecular weight is 440 g/mol. The molecule has 3 heteroatoms. The Morgan fingerprint density at radius 3 is 2.21 bits per heavy atom. The topological polar surface area (TPSA) is 21.9 Å². The van der Waals surface area contributed by atoms with E-state index in [-0.39, 0.29) is 0 Å². The second-order valence-corrected chi connectivity index (χ2v) is 9.04. The zero-order valence-electron chi connectivity index (χ0n) is 19.1. The van der Waals surface area contributed by atoms with E-state index in [1.807, 2.05) is 6.07 Å². The maximum Gasteiger partial charge on any atom is 0.220 e. The fraction of sp³-hybridized carbons (Fsp3) is 0.0645. The Hall–Kier alpha value is -4.37. The average Bonchev–Trinajstić information content (AvgIpc) is 3.45. The van der Waals surface area contributed by atoms with Gasteiger partial charge < -0.3 is 8.98 Å². The van der Waals surface area contributed by atoms with Gasteiger partial charge in [-0.15, -0.1) is 0 Å². The molecular weight excluding hydrogens is 416 g/mol. The molecule has 4 aromatic carbocycles. The van der Waals surface area contributed by atoms with Crippen molar-refractivity contribution in [1.82, 2.24) is 4.57 Å². The first-order valence-corrected chi connectivity index (χ1v) is 11.6. The molecule has 0 saturated heterocycles. The molecule has 0 spiro atoms. The van der Waals surface area contributed by atoms with Crippen LogP contribution in [-0.2, 0) is 7.05 Å². The third-order valence-corrected chi connectivity index (χ3v) is 7.01. The van der Waals surface area contributed by atoms with Gasteiger partial charge in [-0.2, -0.15) is 0 Å². The van der Waals surface area contributed by atoms with Gasteiger partial charge in [0.1, 0.15) is 12.6 Å². The number of pyridine rings is 1. The first-order chi connectivity index (χ1) is 16.7. The van der Waals surface area contributed by atoms with Gasteiger partial charge in [-0.05, 0) is 66.4 Å². The highest BCUT2D eigenvalue weighted by atomic mass is 16.3. The second-order valence-electron chi connectivity index (χ2n) is 9.04. The molecule has 3 heterocycles. The van der Waals surface area contributed by atoms with Crippen molar-refractivity contribution in [2.45, 2.75) is 6.92 Å². The number of para-hydroxylation sites is 2. The number of benzene rings is 4. The number of aromatic nitrogens is 2. The van der Waals surface area contributed by atoms with E-state index in [4.69, 9.17) is 4.42 Å². The Bertz CT molecular complexity index is 1830. The molecule has 0 amide bonds. The monoisotopic (exact) mass is 439 g/mol. The molecule has 7 rings (SSSR count). The molecule has 0 bridgehead atoms. The molecule has 34 heavy (non-hydrogen) atoms. The number of hydrogen-bond donors (Lipinski definition) is 0. The van der Waals surface area contributed by atoms with E-state index in [9.17, 15) is 0 Å². The van der Waals surface area contributed by atoms with E-state index in [1.165, 1.54) is 55.1 Å². The molecule has 0 unspecified atom stereocenters. The molecule has 0 aliphatic carbocycles. The van der Waals surface area contributed by atoms with Crippen molar-refractivity contribution in [3.05, 3.63) is 109 Å². The van der Waals surface area contributed by atoms with E-state index in [2.05, 4.69) is 114 Å². The maximum atomic E-state index is 5.72. The van der Waals surface area contributed by atoms with Crippen LogP contribution >= 0.6 is 0 Å². The second kappa shape index (κ2) is 7.06. The van der Waals surface area contributed by atoms with Crippen LogP contribution in [0.1, 0.15) is 5.56 Å². The van der Waals surface area contributed by atoms with Crippen LogP contribution in [0.4, 0.5) is 0 Å². The molecule has 0 fully saturated rings. The van der Waals surface area contributed by atoms with Gasteiger partial charge in [-0.25, -0.2) is 4.57 Å². The van der Waals surface area contributed by atoms with Crippen molar-refractivity contribution in [2.75, 3.05) is 0 Å². The van der Waals surface area contributed by atoms with E-state index in [1.54, 1.807) is 6.26 Å². The Morgan fingerprint density at radius 1 is 0.706 bits per heavy atom. The standard InChI is InChI=1S/C31H23N2O/c1-20-17-22-14-16-34-30(22)19-27(20)31-24-12-11-23(18-21(24)13-15-32(31)2)33-28-9-5-3-7-25(28)26-8-4-6-10-29(26)33/h3-19H,1-2H3/q+1. The Labute approximate surface area is 197 Å². The fourth-order valence-corrected chi connectivity index (χ4v) is 5.41. The Balaban J connectivity index is 1.50. The molecule has 0 N–H and O–H groups in total. The third-order valence-electron chi connectivity index (χ3n) is 7.01. The summed E-state index contributed by atoms with van der Waals surface area (Å²) in [4.78, 5) is 0. The summed E-state index contributed by atoms with van der Waals surface area (Å²) in [6, 6.07) is 32.7. The van der Waals surface area contributed by atoms with Crippen LogP contribution in [0.5, 0.6) is 0 Å². The lowest BCUT2D eigenvalue weighted by Crippen LogP contribution is -2.30. The number of rotatable bonds is 2. The predicted molar refractivity (Wildman–Crippen MR) is 139 cm³/mol. The summed E-state index contributed by atoms with van der Waals surface area (Å²) in [5.41, 5.74) is 8.17.